The molecule has 5 aromatic rings. The summed E-state index contributed by atoms with van der Waals surface area (Å²) in [6.45, 7) is 5.50. The first kappa shape index (κ1) is 65.6. The Bertz CT molecular complexity index is 2680. The smallest absolute Gasteiger partial charge is 0.407 e. The lowest BCUT2D eigenvalue weighted by Gasteiger charge is -2.37. The lowest BCUT2D eigenvalue weighted by molar-refractivity contribution is -0.157. The Hall–Kier alpha value is -6.58. The number of amides is 3. The molecule has 0 saturated heterocycles. The highest BCUT2D eigenvalue weighted by atomic mass is 35.5. The molecule has 0 aromatic heterocycles. The van der Waals surface area contributed by atoms with Crippen molar-refractivity contribution in [3.8, 4) is 11.1 Å². The number of esters is 1. The highest BCUT2D eigenvalue weighted by Gasteiger charge is 2.44. The minimum absolute atomic E-state index is 0.0127. The van der Waals surface area contributed by atoms with Gasteiger partial charge in [-0.2, -0.15) is 0 Å². The van der Waals surface area contributed by atoms with Crippen LogP contribution in [0.25, 0.3) is 11.1 Å². The molecule has 2 atom stereocenters. The Morgan fingerprint density at radius 2 is 1.00 bits per heavy atom. The molecule has 4 N–H and O–H groups in total. The zero-order valence-corrected chi connectivity index (χ0v) is 49.4. The molecule has 83 heavy (non-hydrogen) atoms. The standard InChI is InChI=1S/C68H88ClN3O11/c1-52-37-39-54(40-38-52)68(53-27-15-14-16-28-53,60-33-23-24-34-61(60)69)83-66(77)62(72-64(74)35-17-12-10-8-6-4-2-3-5-7-9-11-13-18-36-65(75)76)41-42-63(73)70-43-25-45-79-47-49-81-50-48-80-46-26-44-71-67(78)82-51-59-57-31-21-19-29-55(57)56-30-20-22-32-58(56)59/h14-16,19-24,27-34,37-40,59,62H,2-13,17-18,25-26,35-36,41-51H2,1H3,(H,70,73)(H,71,78)(H,72,74)(H,75,76)/t62-,68?/m0/s1. The van der Waals surface area contributed by atoms with E-state index in [9.17, 15) is 24.0 Å². The van der Waals surface area contributed by atoms with Gasteiger partial charge in [0.2, 0.25) is 11.8 Å². The monoisotopic (exact) mass is 1160 g/mol. The maximum absolute atomic E-state index is 14.8. The van der Waals surface area contributed by atoms with E-state index in [0.717, 1.165) is 50.5 Å². The van der Waals surface area contributed by atoms with Crippen molar-refractivity contribution in [2.24, 2.45) is 0 Å². The second-order valence-corrected chi connectivity index (χ2v) is 21.9. The van der Waals surface area contributed by atoms with Crippen LogP contribution in [0.5, 0.6) is 0 Å². The fraction of sp³-hybridized carbons (Fsp3) is 0.485. The second-order valence-electron chi connectivity index (χ2n) is 21.5. The van der Waals surface area contributed by atoms with Gasteiger partial charge in [0.05, 0.1) is 26.4 Å². The van der Waals surface area contributed by atoms with E-state index < -0.39 is 29.7 Å². The van der Waals surface area contributed by atoms with E-state index in [4.69, 9.17) is 40.4 Å². The van der Waals surface area contributed by atoms with Gasteiger partial charge in [0.15, 0.2) is 5.60 Å². The Kier molecular flexibility index (Phi) is 29.7. The maximum Gasteiger partial charge on any atom is 0.407 e. The Morgan fingerprint density at radius 1 is 0.518 bits per heavy atom. The minimum Gasteiger partial charge on any atom is -0.481 e. The van der Waals surface area contributed by atoms with Gasteiger partial charge in [-0.25, -0.2) is 9.59 Å². The number of halogens is 1. The molecule has 3 amide bonds. The molecule has 1 aliphatic rings. The number of unbranched alkanes of at least 4 members (excludes halogenated alkanes) is 13. The van der Waals surface area contributed by atoms with Crippen LogP contribution in [-0.4, -0.2) is 100 Å². The molecule has 0 radical (unpaired) electrons. The van der Waals surface area contributed by atoms with E-state index in [-0.39, 0.29) is 50.0 Å². The lowest BCUT2D eigenvalue weighted by atomic mass is 9.79. The number of aliphatic carboxylic acids is 1. The molecule has 0 saturated carbocycles. The molecule has 14 nitrogen and oxygen atoms in total. The maximum atomic E-state index is 14.8. The fourth-order valence-electron chi connectivity index (χ4n) is 10.6. The number of nitrogens with one attached hydrogen (secondary N) is 3. The van der Waals surface area contributed by atoms with Crippen LogP contribution in [0.1, 0.15) is 168 Å². The number of carbonyl (C=O) groups is 5. The number of benzene rings is 5. The van der Waals surface area contributed by atoms with Gasteiger partial charge >= 0.3 is 18.0 Å². The molecule has 6 rings (SSSR count). The van der Waals surface area contributed by atoms with Crippen LogP contribution in [-0.2, 0) is 48.5 Å². The van der Waals surface area contributed by atoms with Crippen LogP contribution in [0.3, 0.4) is 0 Å². The topological polar surface area (TPSA) is 188 Å². The number of carbonyl (C=O) groups excluding carboxylic acids is 4. The average Bonchev–Trinajstić information content (AvgIpc) is 3.97. The Labute approximate surface area is 497 Å². The lowest BCUT2D eigenvalue weighted by Crippen LogP contribution is -2.46. The number of hydrogen-bond donors (Lipinski definition) is 4. The number of fused-ring (bicyclic) bond motifs is 3. The number of alkyl carbamates (subject to hydrolysis) is 1. The number of ether oxygens (including phenoxy) is 5. The van der Waals surface area contributed by atoms with Crippen LogP contribution >= 0.6 is 11.6 Å². The van der Waals surface area contributed by atoms with Crippen LogP contribution in [0.15, 0.2) is 127 Å². The summed E-state index contributed by atoms with van der Waals surface area (Å²) in [4.78, 5) is 64.9. The molecule has 0 aliphatic heterocycles. The van der Waals surface area contributed by atoms with E-state index in [1.165, 1.54) is 60.8 Å². The molecule has 448 valence electrons. The van der Waals surface area contributed by atoms with Gasteiger partial charge < -0.3 is 44.7 Å². The van der Waals surface area contributed by atoms with Gasteiger partial charge in [-0.1, -0.05) is 216 Å². The van der Waals surface area contributed by atoms with E-state index in [1.54, 1.807) is 6.07 Å². The summed E-state index contributed by atoms with van der Waals surface area (Å²) in [7, 11) is 0. The molecule has 15 heteroatoms. The molecular weight excluding hydrogens is 1070 g/mol. The van der Waals surface area contributed by atoms with Crippen molar-refractivity contribution >= 4 is 41.4 Å². The molecular formula is C68H88ClN3O11. The molecule has 0 heterocycles. The molecule has 0 spiro atoms. The Balaban J connectivity index is 0.874. The van der Waals surface area contributed by atoms with Crippen molar-refractivity contribution in [1.82, 2.24) is 16.0 Å². The zero-order chi connectivity index (χ0) is 58.7. The average molecular weight is 1160 g/mol. The summed E-state index contributed by atoms with van der Waals surface area (Å²) in [5.41, 5.74) is 6.16. The summed E-state index contributed by atoms with van der Waals surface area (Å²) in [6, 6.07) is 39.8. The van der Waals surface area contributed by atoms with Crippen molar-refractivity contribution in [3.05, 3.63) is 166 Å². The summed E-state index contributed by atoms with van der Waals surface area (Å²) >= 11 is 6.97. The number of hydrogen-bond acceptors (Lipinski definition) is 10. The molecule has 1 unspecified atom stereocenters. The van der Waals surface area contributed by atoms with Crippen molar-refractivity contribution in [2.45, 2.75) is 153 Å². The van der Waals surface area contributed by atoms with Crippen molar-refractivity contribution in [1.29, 1.82) is 0 Å². The highest BCUT2D eigenvalue weighted by Crippen LogP contribution is 2.45. The number of aryl methyl sites for hydroxylation is 1. The van der Waals surface area contributed by atoms with Gasteiger partial charge in [0.25, 0.3) is 0 Å². The second kappa shape index (κ2) is 37.6. The summed E-state index contributed by atoms with van der Waals surface area (Å²) < 4.78 is 29.4. The van der Waals surface area contributed by atoms with Crippen LogP contribution in [0.2, 0.25) is 5.02 Å². The first-order valence-corrected chi connectivity index (χ1v) is 30.6. The SMILES string of the molecule is Cc1ccc(C(OC(=O)[C@H](CCC(=O)NCCCOCCOCCOCCCNC(=O)OCC2c3ccccc3-c3ccccc32)NC(=O)CCCCCCCCCCCCCCCCC(=O)O)(c2ccccc2)c2ccccc2Cl)cc1. The number of rotatable bonds is 42. The van der Waals surface area contributed by atoms with Crippen molar-refractivity contribution in [3.63, 3.8) is 0 Å². The number of carboxylic acid groups (broad SMARTS) is 1. The first-order chi connectivity index (χ1) is 40.6. The third-order valence-electron chi connectivity index (χ3n) is 15.1. The van der Waals surface area contributed by atoms with Gasteiger partial charge in [-0.05, 0) is 67.3 Å². The largest absolute Gasteiger partial charge is 0.481 e. The molecule has 0 fully saturated rings. The predicted molar refractivity (Wildman–Crippen MR) is 325 cm³/mol. The van der Waals surface area contributed by atoms with Gasteiger partial charge in [-0.15, -0.1) is 0 Å². The van der Waals surface area contributed by atoms with Gasteiger partial charge in [-0.3, -0.25) is 14.4 Å². The van der Waals surface area contributed by atoms with E-state index >= 15 is 0 Å². The third-order valence-corrected chi connectivity index (χ3v) is 15.4. The van der Waals surface area contributed by atoms with Gasteiger partial charge in [0.1, 0.15) is 12.6 Å². The minimum atomic E-state index is -1.49. The van der Waals surface area contributed by atoms with E-state index in [0.29, 0.717) is 93.7 Å². The quantitative estimate of drug-likeness (QED) is 0.0165. The Morgan fingerprint density at radius 3 is 1.57 bits per heavy atom. The first-order valence-electron chi connectivity index (χ1n) is 30.3. The van der Waals surface area contributed by atoms with Gasteiger partial charge in [0, 0.05) is 73.2 Å². The van der Waals surface area contributed by atoms with Crippen molar-refractivity contribution < 1.29 is 52.8 Å². The highest BCUT2D eigenvalue weighted by molar-refractivity contribution is 6.31. The van der Waals surface area contributed by atoms with Crippen molar-refractivity contribution in [2.75, 3.05) is 59.3 Å². The van der Waals surface area contributed by atoms with E-state index in [1.807, 2.05) is 104 Å². The molecule has 5 aromatic carbocycles. The fourth-order valence-corrected chi connectivity index (χ4v) is 10.9. The third kappa shape index (κ3) is 22.5. The molecule has 1 aliphatic carbocycles. The van der Waals surface area contributed by atoms with E-state index in [2.05, 4.69) is 40.2 Å². The zero-order valence-electron chi connectivity index (χ0n) is 48.7. The summed E-state index contributed by atoms with van der Waals surface area (Å²) in [6.07, 6.45) is 16.2. The molecule has 0 bridgehead atoms. The summed E-state index contributed by atoms with van der Waals surface area (Å²) in [5.74, 6) is -1.93. The predicted octanol–water partition coefficient (Wildman–Crippen LogP) is 13.6. The normalized spacial score (nSPS) is 12.8. The van der Waals surface area contributed by atoms with Crippen LogP contribution < -0.4 is 16.0 Å². The van der Waals surface area contributed by atoms with Crippen LogP contribution in [0, 0.1) is 6.92 Å². The summed E-state index contributed by atoms with van der Waals surface area (Å²) in [5, 5.41) is 17.9. The van der Waals surface area contributed by atoms with Crippen LogP contribution in [0.4, 0.5) is 4.79 Å². The number of carboxylic acids is 1.